The molecular weight excluding hydrogens is 354 g/mol. The molecular formula is C16H22Cl2Zr. The van der Waals surface area contributed by atoms with E-state index in [1.54, 1.807) is 0 Å². The molecule has 3 heteroatoms. The molecule has 0 nitrogen and oxygen atoms in total. The summed E-state index contributed by atoms with van der Waals surface area (Å²) >= 11 is 0. The first-order chi connectivity index (χ1) is 7.63. The molecule has 0 aliphatic heterocycles. The summed E-state index contributed by atoms with van der Waals surface area (Å²) in [6, 6.07) is 12.2. The molecule has 0 saturated heterocycles. The second-order valence-electron chi connectivity index (χ2n) is 3.72. The Labute approximate surface area is 150 Å². The monoisotopic (exact) mass is 374 g/mol. The van der Waals surface area contributed by atoms with Gasteiger partial charge in [0.25, 0.3) is 0 Å². The molecule has 2 aromatic carbocycles. The molecule has 0 amide bonds. The Morgan fingerprint density at radius 1 is 1.00 bits per heavy atom. The van der Waals surface area contributed by atoms with Crippen molar-refractivity contribution in [1.82, 2.24) is 0 Å². The van der Waals surface area contributed by atoms with E-state index in [2.05, 4.69) is 46.9 Å². The maximum atomic E-state index is 3.00. The third kappa shape index (κ3) is 10.4. The van der Waals surface area contributed by atoms with E-state index in [0.717, 1.165) is 0 Å². The van der Waals surface area contributed by atoms with Gasteiger partial charge in [-0.2, -0.15) is 46.5 Å². The predicted molar refractivity (Wildman–Crippen MR) is 74.3 cm³/mol. The summed E-state index contributed by atoms with van der Waals surface area (Å²) in [5, 5.41) is 0. The van der Waals surface area contributed by atoms with Crippen molar-refractivity contribution in [3.05, 3.63) is 71.8 Å². The van der Waals surface area contributed by atoms with Crippen LogP contribution >= 0.6 is 0 Å². The summed E-state index contributed by atoms with van der Waals surface area (Å²) in [4.78, 5) is 0. The number of halogens is 2. The van der Waals surface area contributed by atoms with E-state index >= 15 is 0 Å². The molecule has 0 atom stereocenters. The van der Waals surface area contributed by atoms with Gasteiger partial charge >= 0.3 is 26.2 Å². The fraction of sp³-hybridized carbons (Fsp3) is 0.250. The molecule has 0 spiro atoms. The van der Waals surface area contributed by atoms with Gasteiger partial charge in [-0.15, -0.1) is 13.2 Å². The molecule has 0 aliphatic rings. The van der Waals surface area contributed by atoms with Crippen LogP contribution in [0.25, 0.3) is 0 Å². The second kappa shape index (κ2) is 16.0. The molecule has 0 aromatic heterocycles. The minimum atomic E-state index is 0. The zero-order valence-electron chi connectivity index (χ0n) is 12.1. The van der Waals surface area contributed by atoms with Crippen LogP contribution in [0.3, 0.4) is 0 Å². The van der Waals surface area contributed by atoms with E-state index in [4.69, 9.17) is 0 Å². The zero-order valence-corrected chi connectivity index (χ0v) is 16.1. The summed E-state index contributed by atoms with van der Waals surface area (Å²) in [6.45, 7) is 14.7. The summed E-state index contributed by atoms with van der Waals surface area (Å²) in [5.41, 5.74) is 5.75. The number of aryl methyl sites for hydroxylation is 2. The first-order valence-corrected chi connectivity index (χ1v) is 5.49. The summed E-state index contributed by atoms with van der Waals surface area (Å²) < 4.78 is 0. The van der Waals surface area contributed by atoms with Crippen LogP contribution in [0.4, 0.5) is 0 Å². The molecule has 0 saturated carbocycles. The number of hydrogen-bond donors (Lipinski definition) is 0. The minimum absolute atomic E-state index is 0. The van der Waals surface area contributed by atoms with Crippen LogP contribution in [-0.4, -0.2) is 0 Å². The Kier molecular flexibility index (Phi) is 22.9. The SMILES string of the molecule is C=C.Cc1c[c-](C)c(C)c1C.[Cl-].[Cl-].[Zr+4].c1cc[cH-]c1. The van der Waals surface area contributed by atoms with Gasteiger partial charge in [0.15, 0.2) is 0 Å². The smallest absolute Gasteiger partial charge is 1.00 e. The average Bonchev–Trinajstić information content (AvgIpc) is 2.93. The van der Waals surface area contributed by atoms with Crippen molar-refractivity contribution in [2.24, 2.45) is 0 Å². The third-order valence-electron chi connectivity index (χ3n) is 2.73. The van der Waals surface area contributed by atoms with Crippen molar-refractivity contribution in [1.29, 1.82) is 0 Å². The van der Waals surface area contributed by atoms with Gasteiger partial charge in [-0.05, 0) is 0 Å². The average molecular weight is 376 g/mol. The van der Waals surface area contributed by atoms with E-state index < -0.39 is 0 Å². The van der Waals surface area contributed by atoms with Gasteiger partial charge in [0, 0.05) is 0 Å². The Morgan fingerprint density at radius 2 is 1.42 bits per heavy atom. The van der Waals surface area contributed by atoms with Crippen molar-refractivity contribution in [2.75, 3.05) is 0 Å². The molecule has 19 heavy (non-hydrogen) atoms. The molecule has 0 heterocycles. The topological polar surface area (TPSA) is 0 Å². The first kappa shape index (κ1) is 27.3. The Hall–Kier alpha value is -0.0969. The van der Waals surface area contributed by atoms with E-state index in [-0.39, 0.29) is 51.0 Å². The van der Waals surface area contributed by atoms with Crippen molar-refractivity contribution < 1.29 is 51.0 Å². The van der Waals surface area contributed by atoms with Crippen molar-refractivity contribution in [2.45, 2.75) is 27.7 Å². The van der Waals surface area contributed by atoms with Crippen LogP contribution in [0.2, 0.25) is 0 Å². The van der Waals surface area contributed by atoms with Crippen LogP contribution < -0.4 is 24.8 Å². The van der Waals surface area contributed by atoms with E-state index in [9.17, 15) is 0 Å². The fourth-order valence-corrected chi connectivity index (χ4v) is 1.45. The Morgan fingerprint density at radius 3 is 1.53 bits per heavy atom. The molecule has 2 rings (SSSR count). The Balaban J connectivity index is -0.0000000987. The fourth-order valence-electron chi connectivity index (χ4n) is 1.45. The summed E-state index contributed by atoms with van der Waals surface area (Å²) in [7, 11) is 0. The molecule has 0 bridgehead atoms. The zero-order chi connectivity index (χ0) is 12.6. The second-order valence-corrected chi connectivity index (χ2v) is 3.72. The van der Waals surface area contributed by atoms with Crippen LogP contribution in [0.15, 0.2) is 49.6 Å². The Bertz CT molecular complexity index is 349. The number of rotatable bonds is 0. The molecule has 2 aromatic rings. The van der Waals surface area contributed by atoms with E-state index in [1.807, 2.05) is 30.3 Å². The van der Waals surface area contributed by atoms with Gasteiger partial charge in [-0.1, -0.05) is 27.7 Å². The van der Waals surface area contributed by atoms with Gasteiger partial charge in [-0.25, -0.2) is 12.1 Å². The van der Waals surface area contributed by atoms with Gasteiger partial charge < -0.3 is 24.8 Å². The maximum absolute atomic E-state index is 3.00. The summed E-state index contributed by atoms with van der Waals surface area (Å²) in [6.07, 6.45) is 0. The van der Waals surface area contributed by atoms with Gasteiger partial charge in [-0.3, -0.25) is 0 Å². The number of hydrogen-bond acceptors (Lipinski definition) is 0. The molecule has 0 N–H and O–H groups in total. The third-order valence-corrected chi connectivity index (χ3v) is 2.73. The molecule has 0 unspecified atom stereocenters. The molecule has 0 radical (unpaired) electrons. The van der Waals surface area contributed by atoms with E-state index in [1.165, 1.54) is 22.3 Å². The van der Waals surface area contributed by atoms with Gasteiger partial charge in [0.05, 0.1) is 0 Å². The normalized spacial score (nSPS) is 7.16. The molecule has 104 valence electrons. The van der Waals surface area contributed by atoms with Gasteiger partial charge in [0.1, 0.15) is 0 Å². The quantitative estimate of drug-likeness (QED) is 0.403. The first-order valence-electron chi connectivity index (χ1n) is 5.49. The largest absolute Gasteiger partial charge is 4.00 e. The van der Waals surface area contributed by atoms with E-state index in [0.29, 0.717) is 0 Å². The van der Waals surface area contributed by atoms with Gasteiger partial charge in [0.2, 0.25) is 0 Å². The van der Waals surface area contributed by atoms with Crippen LogP contribution in [-0.2, 0) is 26.2 Å². The maximum Gasteiger partial charge on any atom is 4.00 e. The van der Waals surface area contributed by atoms with Crippen LogP contribution in [0, 0.1) is 27.7 Å². The standard InChI is InChI=1S/C9H13.C5H5.C2H4.2ClH.Zr/c1-6-5-7(2)9(4)8(6)3;1-2-4-5-3-1;1-2;;;/h5H,1-4H3;1-5H;1-2H2;2*1H;/q2*-1;;;;+4/p-2. The van der Waals surface area contributed by atoms with Crippen LogP contribution in [0.1, 0.15) is 22.3 Å². The van der Waals surface area contributed by atoms with Crippen molar-refractivity contribution in [3.63, 3.8) is 0 Å². The van der Waals surface area contributed by atoms with Crippen molar-refractivity contribution in [3.8, 4) is 0 Å². The van der Waals surface area contributed by atoms with Crippen LogP contribution in [0.5, 0.6) is 0 Å². The molecule has 0 aliphatic carbocycles. The summed E-state index contributed by atoms with van der Waals surface area (Å²) in [5.74, 6) is 0. The minimum Gasteiger partial charge on any atom is -1.00 e. The molecule has 0 fully saturated rings. The predicted octanol–water partition coefficient (Wildman–Crippen LogP) is -1.15. The van der Waals surface area contributed by atoms with Crippen molar-refractivity contribution >= 4 is 0 Å².